The maximum atomic E-state index is 11.4. The first kappa shape index (κ1) is 8.71. The Morgan fingerprint density at radius 3 is 2.00 bits per heavy atom. The fourth-order valence-corrected chi connectivity index (χ4v) is 0.342. The van der Waals surface area contributed by atoms with Gasteiger partial charge in [0, 0.05) is 6.54 Å². The van der Waals surface area contributed by atoms with Crippen molar-refractivity contribution in [2.45, 2.75) is 13.1 Å². The number of halogens is 3. The van der Waals surface area contributed by atoms with Gasteiger partial charge in [-0.05, 0) is 0 Å². The lowest BCUT2D eigenvalue weighted by Crippen LogP contribution is -2.39. The van der Waals surface area contributed by atoms with Crippen molar-refractivity contribution in [2.75, 3.05) is 13.1 Å². The molecule has 0 aliphatic heterocycles. The summed E-state index contributed by atoms with van der Waals surface area (Å²) >= 11 is 0. The number of hydrazine groups is 1. The van der Waals surface area contributed by atoms with Gasteiger partial charge in [-0.1, -0.05) is 6.92 Å². The van der Waals surface area contributed by atoms with E-state index in [1.165, 1.54) is 0 Å². The molecule has 0 saturated heterocycles. The van der Waals surface area contributed by atoms with E-state index in [4.69, 9.17) is 5.84 Å². The van der Waals surface area contributed by atoms with E-state index in [0.29, 0.717) is 5.01 Å². The summed E-state index contributed by atoms with van der Waals surface area (Å²) in [5.74, 6) is 4.87. The molecule has 0 fully saturated rings. The molecule has 0 aliphatic rings. The molecule has 2 nitrogen and oxygen atoms in total. The smallest absolute Gasteiger partial charge is 0.268 e. The molecular weight excluding hydrogens is 133 g/mol. The van der Waals surface area contributed by atoms with Crippen LogP contribution in [0.2, 0.25) is 0 Å². The van der Waals surface area contributed by atoms with Gasteiger partial charge in [0.15, 0.2) is 0 Å². The van der Waals surface area contributed by atoms with Crippen molar-refractivity contribution in [3.63, 3.8) is 0 Å². The van der Waals surface area contributed by atoms with Gasteiger partial charge in [-0.15, -0.1) is 0 Å². The summed E-state index contributed by atoms with van der Waals surface area (Å²) < 4.78 is 34.1. The van der Waals surface area contributed by atoms with E-state index in [0.717, 1.165) is 0 Å². The highest BCUT2D eigenvalue weighted by Gasteiger charge is 2.28. The topological polar surface area (TPSA) is 29.3 Å². The zero-order valence-corrected chi connectivity index (χ0v) is 5.07. The average Bonchev–Trinajstić information content (AvgIpc) is 1.62. The van der Waals surface area contributed by atoms with Crippen LogP contribution in [0.3, 0.4) is 0 Å². The molecule has 0 radical (unpaired) electrons. The molecule has 56 valence electrons. The van der Waals surface area contributed by atoms with E-state index in [2.05, 4.69) is 0 Å². The van der Waals surface area contributed by atoms with Gasteiger partial charge in [0.2, 0.25) is 0 Å². The van der Waals surface area contributed by atoms with E-state index in [1.54, 1.807) is 6.92 Å². The van der Waals surface area contributed by atoms with Gasteiger partial charge in [-0.2, -0.15) is 13.2 Å². The highest BCUT2D eigenvalue weighted by molar-refractivity contribution is 4.53. The highest BCUT2D eigenvalue weighted by atomic mass is 19.4. The van der Waals surface area contributed by atoms with Gasteiger partial charge in [0.1, 0.15) is 6.54 Å². The lowest BCUT2D eigenvalue weighted by Gasteiger charge is -2.14. The summed E-state index contributed by atoms with van der Waals surface area (Å²) in [4.78, 5) is 0. The molecular formula is C4H9F3N2. The van der Waals surface area contributed by atoms with Crippen LogP contribution in [0.15, 0.2) is 0 Å². The van der Waals surface area contributed by atoms with E-state index in [-0.39, 0.29) is 6.54 Å². The molecule has 0 saturated carbocycles. The number of alkyl halides is 3. The Kier molecular flexibility index (Phi) is 2.93. The molecule has 5 heteroatoms. The van der Waals surface area contributed by atoms with E-state index in [9.17, 15) is 13.2 Å². The molecule has 0 aromatic heterocycles. The molecule has 0 aromatic rings. The second kappa shape index (κ2) is 3.03. The molecule has 9 heavy (non-hydrogen) atoms. The largest absolute Gasteiger partial charge is 0.402 e. The summed E-state index contributed by atoms with van der Waals surface area (Å²) in [6, 6.07) is 0. The molecule has 0 unspecified atom stereocenters. The molecule has 0 rings (SSSR count). The minimum absolute atomic E-state index is 0.208. The SMILES string of the molecule is CCN(N)CC(F)(F)F. The Balaban J connectivity index is 3.47. The maximum absolute atomic E-state index is 11.4. The number of hydrogen-bond acceptors (Lipinski definition) is 2. The van der Waals surface area contributed by atoms with E-state index >= 15 is 0 Å². The fourth-order valence-electron chi connectivity index (χ4n) is 0.342. The molecule has 0 atom stereocenters. The van der Waals surface area contributed by atoms with Crippen molar-refractivity contribution in [1.82, 2.24) is 5.01 Å². The maximum Gasteiger partial charge on any atom is 0.402 e. The minimum Gasteiger partial charge on any atom is -0.268 e. The summed E-state index contributed by atoms with van der Waals surface area (Å²) in [5.41, 5.74) is 0. The van der Waals surface area contributed by atoms with Crippen LogP contribution >= 0.6 is 0 Å². The third kappa shape index (κ3) is 5.58. The first-order chi connectivity index (χ1) is 3.95. The summed E-state index contributed by atoms with van der Waals surface area (Å²) in [7, 11) is 0. The Bertz CT molecular complexity index is 80.4. The normalized spacial score (nSPS) is 12.7. The van der Waals surface area contributed by atoms with Gasteiger partial charge >= 0.3 is 6.18 Å². The first-order valence-corrected chi connectivity index (χ1v) is 2.52. The molecule has 0 aliphatic carbocycles. The van der Waals surface area contributed by atoms with Crippen LogP contribution in [-0.2, 0) is 0 Å². The van der Waals surface area contributed by atoms with Gasteiger partial charge in [-0.25, -0.2) is 5.01 Å². The second-order valence-electron chi connectivity index (χ2n) is 1.68. The van der Waals surface area contributed by atoms with E-state index < -0.39 is 12.7 Å². The van der Waals surface area contributed by atoms with Crippen LogP contribution in [0.5, 0.6) is 0 Å². The van der Waals surface area contributed by atoms with Crippen molar-refractivity contribution >= 4 is 0 Å². The predicted octanol–water partition coefficient (Wildman–Crippen LogP) is 0.744. The van der Waals surface area contributed by atoms with Gasteiger partial charge in [0.05, 0.1) is 0 Å². The zero-order chi connectivity index (χ0) is 7.49. The van der Waals surface area contributed by atoms with Crippen molar-refractivity contribution in [1.29, 1.82) is 0 Å². The Morgan fingerprint density at radius 1 is 1.44 bits per heavy atom. The monoisotopic (exact) mass is 142 g/mol. The lowest BCUT2D eigenvalue weighted by molar-refractivity contribution is -0.145. The van der Waals surface area contributed by atoms with Gasteiger partial charge < -0.3 is 0 Å². The molecule has 2 N–H and O–H groups in total. The van der Waals surface area contributed by atoms with Gasteiger partial charge in [-0.3, -0.25) is 5.84 Å². The molecule has 0 spiro atoms. The van der Waals surface area contributed by atoms with Crippen molar-refractivity contribution in [2.24, 2.45) is 5.84 Å². The molecule has 0 heterocycles. The number of nitrogens with zero attached hydrogens (tertiary/aromatic N) is 1. The van der Waals surface area contributed by atoms with Crippen molar-refractivity contribution in [3.8, 4) is 0 Å². The average molecular weight is 142 g/mol. The summed E-state index contributed by atoms with van der Waals surface area (Å²) in [6.45, 7) is 0.731. The molecule has 0 amide bonds. The number of hydrogen-bond donors (Lipinski definition) is 1. The Hall–Kier alpha value is -0.290. The third-order valence-corrected chi connectivity index (χ3v) is 0.789. The van der Waals surface area contributed by atoms with Gasteiger partial charge in [0.25, 0.3) is 0 Å². The van der Waals surface area contributed by atoms with Crippen LogP contribution in [0.1, 0.15) is 6.92 Å². The summed E-state index contributed by atoms with van der Waals surface area (Å²) in [5, 5.41) is 0.708. The second-order valence-corrected chi connectivity index (χ2v) is 1.68. The van der Waals surface area contributed by atoms with Crippen LogP contribution in [0.25, 0.3) is 0 Å². The van der Waals surface area contributed by atoms with Crippen LogP contribution in [-0.4, -0.2) is 24.3 Å². The molecule has 0 bridgehead atoms. The highest BCUT2D eigenvalue weighted by Crippen LogP contribution is 2.14. The predicted molar refractivity (Wildman–Crippen MR) is 27.5 cm³/mol. The number of nitrogens with two attached hydrogens (primary N) is 1. The zero-order valence-electron chi connectivity index (χ0n) is 5.07. The molecule has 0 aromatic carbocycles. The van der Waals surface area contributed by atoms with E-state index in [1.807, 2.05) is 0 Å². The van der Waals surface area contributed by atoms with Crippen LogP contribution in [0, 0.1) is 0 Å². The standard InChI is InChI=1S/C4H9F3N2/c1-2-9(8)3-4(5,6)7/h2-3,8H2,1H3. The van der Waals surface area contributed by atoms with Crippen LogP contribution in [0.4, 0.5) is 13.2 Å². The van der Waals surface area contributed by atoms with Crippen molar-refractivity contribution in [3.05, 3.63) is 0 Å². The lowest BCUT2D eigenvalue weighted by atomic mass is 10.6. The Labute approximate surface area is 51.4 Å². The van der Waals surface area contributed by atoms with Crippen LogP contribution < -0.4 is 5.84 Å². The Morgan fingerprint density at radius 2 is 1.89 bits per heavy atom. The number of rotatable bonds is 2. The third-order valence-electron chi connectivity index (χ3n) is 0.789. The summed E-state index contributed by atoms with van der Waals surface area (Å²) in [6.07, 6.45) is -4.18. The quantitative estimate of drug-likeness (QED) is 0.455. The van der Waals surface area contributed by atoms with Crippen molar-refractivity contribution < 1.29 is 13.2 Å². The first-order valence-electron chi connectivity index (χ1n) is 2.52. The minimum atomic E-state index is -4.18. The fraction of sp³-hybridized carbons (Fsp3) is 1.00.